The van der Waals surface area contributed by atoms with Gasteiger partial charge in [-0.2, -0.15) is 0 Å². The normalized spacial score (nSPS) is 19.1. The molecule has 0 radical (unpaired) electrons. The molecule has 1 aromatic rings. The first-order valence-electron chi connectivity index (χ1n) is 4.16. The van der Waals surface area contributed by atoms with Crippen LogP contribution in [0.25, 0.3) is 0 Å². The lowest BCUT2D eigenvalue weighted by atomic mass is 9.66. The van der Waals surface area contributed by atoms with Crippen molar-refractivity contribution in [3.05, 3.63) is 11.9 Å². The van der Waals surface area contributed by atoms with Crippen molar-refractivity contribution in [1.82, 2.24) is 15.0 Å². The summed E-state index contributed by atoms with van der Waals surface area (Å²) < 4.78 is 1.40. The number of rotatable bonds is 2. The van der Waals surface area contributed by atoms with E-state index >= 15 is 0 Å². The largest absolute Gasteiger partial charge is 0.481 e. The van der Waals surface area contributed by atoms with Crippen LogP contribution in [0.3, 0.4) is 0 Å². The average molecular weight is 195 g/mol. The Morgan fingerprint density at radius 3 is 2.64 bits per heavy atom. The number of carbonyl (C=O) groups excluding carboxylic acids is 1. The highest BCUT2D eigenvalue weighted by Crippen LogP contribution is 2.40. The molecule has 0 aliphatic heterocycles. The second kappa shape index (κ2) is 2.63. The minimum Gasteiger partial charge on any atom is -0.481 e. The van der Waals surface area contributed by atoms with E-state index in [2.05, 4.69) is 10.3 Å². The van der Waals surface area contributed by atoms with Gasteiger partial charge in [0, 0.05) is 19.9 Å². The van der Waals surface area contributed by atoms with Crippen LogP contribution in [0.4, 0.5) is 0 Å². The van der Waals surface area contributed by atoms with Crippen LogP contribution in [-0.4, -0.2) is 31.9 Å². The van der Waals surface area contributed by atoms with E-state index in [9.17, 15) is 9.59 Å². The van der Waals surface area contributed by atoms with Crippen LogP contribution in [0.15, 0.2) is 6.20 Å². The molecule has 0 saturated heterocycles. The summed E-state index contributed by atoms with van der Waals surface area (Å²) in [6.07, 6.45) is 1.49. The highest BCUT2D eigenvalue weighted by Gasteiger charge is 2.53. The number of Topliss-reactive ketones (excluding diaryl/α,β-unsaturated/α-hetero) is 1. The zero-order valence-electron chi connectivity index (χ0n) is 7.60. The maximum atomic E-state index is 11.1. The first kappa shape index (κ1) is 8.86. The SMILES string of the molecule is Cn1nncc1C1(C(=O)O)CC(=O)C1. The van der Waals surface area contributed by atoms with Gasteiger partial charge >= 0.3 is 5.97 Å². The minimum atomic E-state index is -1.09. The molecule has 0 spiro atoms. The van der Waals surface area contributed by atoms with E-state index in [1.54, 1.807) is 7.05 Å². The molecule has 1 fully saturated rings. The molecule has 2 rings (SSSR count). The Bertz CT molecular complexity index is 402. The maximum absolute atomic E-state index is 11.1. The highest BCUT2D eigenvalue weighted by molar-refractivity contribution is 6.01. The molecule has 6 nitrogen and oxygen atoms in total. The van der Waals surface area contributed by atoms with E-state index in [0.29, 0.717) is 5.69 Å². The molecule has 0 bridgehead atoms. The van der Waals surface area contributed by atoms with Crippen molar-refractivity contribution in [3.63, 3.8) is 0 Å². The van der Waals surface area contributed by atoms with Crippen LogP contribution in [0.2, 0.25) is 0 Å². The molecule has 74 valence electrons. The maximum Gasteiger partial charge on any atom is 0.316 e. The van der Waals surface area contributed by atoms with E-state index in [1.807, 2.05) is 0 Å². The molecule has 6 heteroatoms. The van der Waals surface area contributed by atoms with Crippen LogP contribution >= 0.6 is 0 Å². The predicted octanol–water partition coefficient (Wildman–Crippen LogP) is -0.500. The van der Waals surface area contributed by atoms with Crippen molar-refractivity contribution in [1.29, 1.82) is 0 Å². The molecule has 14 heavy (non-hydrogen) atoms. The lowest BCUT2D eigenvalue weighted by Crippen LogP contribution is -2.49. The van der Waals surface area contributed by atoms with Crippen molar-refractivity contribution in [2.45, 2.75) is 18.3 Å². The summed E-state index contributed by atoms with van der Waals surface area (Å²) >= 11 is 0. The van der Waals surface area contributed by atoms with Gasteiger partial charge in [0.15, 0.2) is 0 Å². The average Bonchev–Trinajstić information content (AvgIpc) is 2.45. The summed E-state index contributed by atoms with van der Waals surface area (Å²) in [6.45, 7) is 0. The lowest BCUT2D eigenvalue weighted by Gasteiger charge is -2.35. The number of carboxylic acid groups (broad SMARTS) is 1. The van der Waals surface area contributed by atoms with Crippen molar-refractivity contribution >= 4 is 11.8 Å². The minimum absolute atomic E-state index is 0.0337. The Hall–Kier alpha value is -1.72. The van der Waals surface area contributed by atoms with E-state index in [4.69, 9.17) is 5.11 Å². The van der Waals surface area contributed by atoms with E-state index in [1.165, 1.54) is 10.9 Å². The van der Waals surface area contributed by atoms with Gasteiger partial charge in [-0.1, -0.05) is 5.21 Å². The van der Waals surface area contributed by atoms with Gasteiger partial charge in [-0.05, 0) is 0 Å². The molecule has 1 heterocycles. The number of hydrogen-bond acceptors (Lipinski definition) is 4. The van der Waals surface area contributed by atoms with Gasteiger partial charge in [-0.15, -0.1) is 5.10 Å². The first-order chi connectivity index (χ1) is 6.56. The summed E-state index contributed by atoms with van der Waals surface area (Å²) in [5.41, 5.74) is -0.598. The zero-order valence-corrected chi connectivity index (χ0v) is 7.60. The van der Waals surface area contributed by atoms with Crippen LogP contribution in [0.5, 0.6) is 0 Å². The monoisotopic (exact) mass is 195 g/mol. The molecular weight excluding hydrogens is 186 g/mol. The van der Waals surface area contributed by atoms with Crippen LogP contribution < -0.4 is 0 Å². The van der Waals surface area contributed by atoms with Crippen LogP contribution in [0.1, 0.15) is 18.5 Å². The molecule has 1 aliphatic rings. The molecule has 0 amide bonds. The van der Waals surface area contributed by atoms with Gasteiger partial charge in [0.25, 0.3) is 0 Å². The molecule has 0 aromatic carbocycles. The number of aromatic nitrogens is 3. The van der Waals surface area contributed by atoms with E-state index < -0.39 is 11.4 Å². The van der Waals surface area contributed by atoms with E-state index in [-0.39, 0.29) is 18.6 Å². The van der Waals surface area contributed by atoms with Gasteiger partial charge < -0.3 is 5.11 Å². The van der Waals surface area contributed by atoms with Gasteiger partial charge in [-0.3, -0.25) is 14.3 Å². The Balaban J connectivity index is 2.44. The fraction of sp³-hybridized carbons (Fsp3) is 0.500. The third-order valence-corrected chi connectivity index (χ3v) is 2.61. The number of aliphatic carboxylic acids is 1. The second-order valence-corrected chi connectivity index (χ2v) is 3.52. The Labute approximate surface area is 79.5 Å². The Morgan fingerprint density at radius 1 is 1.64 bits per heavy atom. The summed E-state index contributed by atoms with van der Waals surface area (Å²) in [4.78, 5) is 22.0. The number of aryl methyl sites for hydroxylation is 1. The molecule has 1 saturated carbocycles. The summed E-state index contributed by atoms with van der Waals surface area (Å²) in [5, 5.41) is 16.4. The number of nitrogens with zero attached hydrogens (tertiary/aromatic N) is 3. The van der Waals surface area contributed by atoms with Gasteiger partial charge in [0.2, 0.25) is 0 Å². The van der Waals surface area contributed by atoms with Crippen LogP contribution in [-0.2, 0) is 22.1 Å². The fourth-order valence-electron chi connectivity index (χ4n) is 1.79. The molecule has 1 aromatic heterocycles. The third kappa shape index (κ3) is 0.966. The standard InChI is InChI=1S/C8H9N3O3/c1-11-6(4-9-10-11)8(7(13)14)2-5(12)3-8/h4H,2-3H2,1H3,(H,13,14). The number of carbonyl (C=O) groups is 2. The third-order valence-electron chi connectivity index (χ3n) is 2.61. The van der Waals surface area contributed by atoms with Gasteiger partial charge in [0.1, 0.15) is 11.2 Å². The molecule has 0 unspecified atom stereocenters. The van der Waals surface area contributed by atoms with Crippen molar-refractivity contribution < 1.29 is 14.7 Å². The fourth-order valence-corrected chi connectivity index (χ4v) is 1.79. The summed E-state index contributed by atoms with van der Waals surface area (Å²) in [7, 11) is 1.62. The number of ketones is 1. The summed E-state index contributed by atoms with van der Waals surface area (Å²) in [6, 6.07) is 0. The Kier molecular flexibility index (Phi) is 1.67. The highest BCUT2D eigenvalue weighted by atomic mass is 16.4. The second-order valence-electron chi connectivity index (χ2n) is 3.52. The zero-order chi connectivity index (χ0) is 10.3. The van der Waals surface area contributed by atoms with Gasteiger partial charge in [-0.25, -0.2) is 0 Å². The molecule has 0 atom stereocenters. The Morgan fingerprint density at radius 2 is 2.29 bits per heavy atom. The van der Waals surface area contributed by atoms with E-state index in [0.717, 1.165) is 0 Å². The molecule has 1 N–H and O–H groups in total. The lowest BCUT2D eigenvalue weighted by molar-refractivity contribution is -0.153. The van der Waals surface area contributed by atoms with Gasteiger partial charge in [0.05, 0.1) is 11.9 Å². The van der Waals surface area contributed by atoms with Crippen molar-refractivity contribution in [2.75, 3.05) is 0 Å². The quantitative estimate of drug-likeness (QED) is 0.687. The summed E-state index contributed by atoms with van der Waals surface area (Å²) in [5.74, 6) is -1.02. The first-order valence-corrected chi connectivity index (χ1v) is 4.16. The number of carboxylic acids is 1. The van der Waals surface area contributed by atoms with Crippen LogP contribution in [0, 0.1) is 0 Å². The number of hydrogen-bond donors (Lipinski definition) is 1. The van der Waals surface area contributed by atoms with Crippen molar-refractivity contribution in [3.8, 4) is 0 Å². The topological polar surface area (TPSA) is 85.1 Å². The van der Waals surface area contributed by atoms with Crippen molar-refractivity contribution in [2.24, 2.45) is 7.05 Å². The smallest absolute Gasteiger partial charge is 0.316 e. The molecule has 1 aliphatic carbocycles. The molecular formula is C8H9N3O3. The predicted molar refractivity (Wildman–Crippen MR) is 44.6 cm³/mol.